The number of alkyl carbamates (subject to hydrolysis) is 2. The Morgan fingerprint density at radius 1 is 0.650 bits per heavy atom. The topological polar surface area (TPSA) is 196 Å². The summed E-state index contributed by atoms with van der Waals surface area (Å²) in [4.78, 5) is 105. The molecule has 0 unspecified atom stereocenters. The monoisotopic (exact) mass is 1100 g/mol. The third-order valence-corrected chi connectivity index (χ3v) is 14.9. The van der Waals surface area contributed by atoms with Gasteiger partial charge >= 0.3 is 12.2 Å². The fraction of sp³-hybridized carbons (Fsp3) is 0.508. The Morgan fingerprint density at radius 3 is 1.76 bits per heavy atom. The van der Waals surface area contributed by atoms with Crippen LogP contribution in [0.1, 0.15) is 165 Å². The minimum absolute atomic E-state index is 0.0195. The second kappa shape index (κ2) is 24.2. The first-order valence-corrected chi connectivity index (χ1v) is 27.9. The molecule has 2 heterocycles. The lowest BCUT2D eigenvalue weighted by Crippen LogP contribution is -2.61. The van der Waals surface area contributed by atoms with E-state index in [2.05, 4.69) is 27.3 Å². The lowest BCUT2D eigenvalue weighted by molar-refractivity contribution is -0.151. The maximum Gasteiger partial charge on any atom is 0.408 e. The molecule has 1 aliphatic carbocycles. The van der Waals surface area contributed by atoms with Gasteiger partial charge in [-0.1, -0.05) is 120 Å². The van der Waals surface area contributed by atoms with E-state index in [0.717, 1.165) is 41.5 Å². The van der Waals surface area contributed by atoms with E-state index in [0.29, 0.717) is 5.56 Å². The van der Waals surface area contributed by atoms with Crippen molar-refractivity contribution in [2.45, 2.75) is 189 Å². The number of nitrogens with zero attached hydrogens (tertiary/aromatic N) is 3. The standard InChI is InChI=1S/C63H82FN7O9/c1-38(45-25-18-19-27-47(45)64)69(55(74)50-33-42-22-14-15-23-43(42)36-70(50)56(75)51(60(2,3)4)67-58(77)79-62(8,9)10)35-39-29-31-41(32-30-39)53(72)65-44-34-49(54(73)66-48-28-20-24-40-21-16-17-26-46(40)48)71(37-44)57(76)52(61(5,6)7)68-59(78)80-63(11,12)13/h14-19,21-23,25-27,29-32,38,44,48-52H,20,24,28,33-37H2,1-13H3,(H,65,72)(H,66,73)(H,67,77)(H,68,78)/t38-,44+,48-,49+,50+,51-,52-/m1/s1. The maximum atomic E-state index is 15.8. The van der Waals surface area contributed by atoms with Crippen LogP contribution in [0.2, 0.25) is 0 Å². The Kier molecular flexibility index (Phi) is 18.3. The van der Waals surface area contributed by atoms with Gasteiger partial charge in [-0.3, -0.25) is 24.0 Å². The number of hydrogen-bond acceptors (Lipinski definition) is 9. The van der Waals surface area contributed by atoms with Crippen LogP contribution in [0.5, 0.6) is 0 Å². The van der Waals surface area contributed by atoms with Crippen molar-refractivity contribution in [3.8, 4) is 0 Å². The molecule has 7 atom stereocenters. The van der Waals surface area contributed by atoms with Crippen molar-refractivity contribution in [1.82, 2.24) is 36.0 Å². The van der Waals surface area contributed by atoms with Crippen LogP contribution in [-0.4, -0.2) is 104 Å². The van der Waals surface area contributed by atoms with Crippen molar-refractivity contribution in [2.24, 2.45) is 10.8 Å². The molecule has 430 valence electrons. The highest BCUT2D eigenvalue weighted by atomic mass is 19.1. The smallest absolute Gasteiger partial charge is 0.408 e. The van der Waals surface area contributed by atoms with Gasteiger partial charge in [0.25, 0.3) is 5.91 Å². The van der Waals surface area contributed by atoms with Crippen LogP contribution in [0, 0.1) is 16.6 Å². The van der Waals surface area contributed by atoms with Crippen molar-refractivity contribution < 1.29 is 47.4 Å². The molecule has 0 radical (unpaired) electrons. The minimum Gasteiger partial charge on any atom is -0.444 e. The SMILES string of the molecule is C[C@H](c1ccccc1F)N(Cc1ccc(C(=O)N[C@H]2C[C@@H](C(=O)N[C@@H]3CCCc4ccccc43)N(C(=O)[C@@H](NC(=O)OC(C)(C)C)C(C)(C)C)C2)cc1)C(=O)[C@@H]1Cc2ccccc2CN1C(=O)[C@@H](NC(=O)OC(C)(C)C)C(C)(C)C. The number of benzene rings is 4. The molecular formula is C63H82FN7O9. The average Bonchev–Trinajstić information content (AvgIpc) is 3.82. The highest BCUT2D eigenvalue weighted by molar-refractivity contribution is 5.96. The molecule has 0 saturated carbocycles. The van der Waals surface area contributed by atoms with Crippen molar-refractivity contribution in [1.29, 1.82) is 0 Å². The molecule has 1 fully saturated rings. The van der Waals surface area contributed by atoms with Crippen LogP contribution in [-0.2, 0) is 54.6 Å². The van der Waals surface area contributed by atoms with Gasteiger partial charge in [-0.05, 0) is 131 Å². The van der Waals surface area contributed by atoms with E-state index in [1.54, 1.807) is 95.8 Å². The normalized spacial score (nSPS) is 19.5. The van der Waals surface area contributed by atoms with E-state index < -0.39 is 99.9 Å². The van der Waals surface area contributed by atoms with E-state index in [1.807, 2.05) is 84.0 Å². The lowest BCUT2D eigenvalue weighted by atomic mass is 9.84. The first-order valence-electron chi connectivity index (χ1n) is 27.9. The summed E-state index contributed by atoms with van der Waals surface area (Å²) in [6, 6.07) is 22.4. The number of nitrogens with one attached hydrogen (secondary N) is 4. The second-order valence-electron chi connectivity index (χ2n) is 25.8. The number of halogens is 1. The number of amides is 7. The molecule has 7 amide bonds. The number of carbonyl (C=O) groups is 7. The zero-order valence-corrected chi connectivity index (χ0v) is 48.8. The van der Waals surface area contributed by atoms with Crippen molar-refractivity contribution >= 4 is 41.7 Å². The van der Waals surface area contributed by atoms with Crippen molar-refractivity contribution in [3.63, 3.8) is 0 Å². The molecule has 16 nitrogen and oxygen atoms in total. The Hall–Kier alpha value is -7.30. The van der Waals surface area contributed by atoms with Gasteiger partial charge in [-0.25, -0.2) is 14.0 Å². The minimum atomic E-state index is -1.09. The Balaban J connectivity index is 1.15. The van der Waals surface area contributed by atoms with E-state index >= 15 is 9.18 Å². The van der Waals surface area contributed by atoms with E-state index in [-0.39, 0.29) is 55.6 Å². The van der Waals surface area contributed by atoms with Crippen LogP contribution >= 0.6 is 0 Å². The predicted octanol–water partition coefficient (Wildman–Crippen LogP) is 9.64. The van der Waals surface area contributed by atoms with Crippen LogP contribution in [0.4, 0.5) is 14.0 Å². The van der Waals surface area contributed by atoms with Gasteiger partial charge in [-0.15, -0.1) is 0 Å². The molecule has 3 aliphatic rings. The zero-order valence-electron chi connectivity index (χ0n) is 48.8. The molecule has 0 aromatic heterocycles. The Bertz CT molecular complexity index is 2940. The fourth-order valence-electron chi connectivity index (χ4n) is 10.9. The molecule has 4 aromatic carbocycles. The van der Waals surface area contributed by atoms with Crippen LogP contribution in [0.15, 0.2) is 97.1 Å². The van der Waals surface area contributed by atoms with Gasteiger partial charge in [0.2, 0.25) is 23.6 Å². The zero-order chi connectivity index (χ0) is 58.6. The van der Waals surface area contributed by atoms with Gasteiger partial charge in [0.05, 0.1) is 12.1 Å². The molecule has 2 aliphatic heterocycles. The number of hydrogen-bond donors (Lipinski definition) is 4. The summed E-state index contributed by atoms with van der Waals surface area (Å²) < 4.78 is 26.9. The molecule has 4 aromatic rings. The Labute approximate surface area is 471 Å². The molecule has 4 N–H and O–H groups in total. The maximum absolute atomic E-state index is 15.8. The van der Waals surface area contributed by atoms with Gasteiger partial charge in [-0.2, -0.15) is 0 Å². The number of aryl methyl sites for hydroxylation is 1. The van der Waals surface area contributed by atoms with Crippen LogP contribution in [0.3, 0.4) is 0 Å². The molecule has 0 spiro atoms. The van der Waals surface area contributed by atoms with E-state index in [1.165, 1.54) is 15.9 Å². The predicted molar refractivity (Wildman–Crippen MR) is 303 cm³/mol. The van der Waals surface area contributed by atoms with E-state index in [9.17, 15) is 28.8 Å². The third-order valence-electron chi connectivity index (χ3n) is 14.9. The van der Waals surface area contributed by atoms with Crippen LogP contribution < -0.4 is 21.3 Å². The molecule has 1 saturated heterocycles. The number of rotatable bonds is 13. The lowest BCUT2D eigenvalue weighted by Gasteiger charge is -2.43. The number of fused-ring (bicyclic) bond motifs is 2. The number of ether oxygens (including phenoxy) is 2. The Morgan fingerprint density at radius 2 is 1.19 bits per heavy atom. The summed E-state index contributed by atoms with van der Waals surface area (Å²) in [6.07, 6.45) is 1.20. The summed E-state index contributed by atoms with van der Waals surface area (Å²) in [7, 11) is 0. The van der Waals surface area contributed by atoms with Crippen molar-refractivity contribution in [2.75, 3.05) is 6.54 Å². The molecule has 17 heteroatoms. The summed E-state index contributed by atoms with van der Waals surface area (Å²) in [6.45, 7) is 23.0. The quantitative estimate of drug-likeness (QED) is 0.101. The van der Waals surface area contributed by atoms with Gasteiger partial charge in [0, 0.05) is 43.2 Å². The molecule has 80 heavy (non-hydrogen) atoms. The van der Waals surface area contributed by atoms with Crippen molar-refractivity contribution in [3.05, 3.63) is 142 Å². The molecule has 7 rings (SSSR count). The van der Waals surface area contributed by atoms with Gasteiger partial charge in [0.1, 0.15) is 41.2 Å². The molecule has 0 bridgehead atoms. The van der Waals surface area contributed by atoms with Crippen LogP contribution in [0.25, 0.3) is 0 Å². The number of carbonyl (C=O) groups excluding carboxylic acids is 7. The third kappa shape index (κ3) is 14.9. The summed E-state index contributed by atoms with van der Waals surface area (Å²) in [5.41, 5.74) is 1.76. The number of likely N-dealkylation sites (tertiary alicyclic amines) is 1. The second-order valence-corrected chi connectivity index (χ2v) is 25.8. The summed E-state index contributed by atoms with van der Waals surface area (Å²) >= 11 is 0. The first-order chi connectivity index (χ1) is 37.4. The highest BCUT2D eigenvalue weighted by Gasteiger charge is 2.47. The van der Waals surface area contributed by atoms with E-state index in [4.69, 9.17) is 9.47 Å². The molecular weight excluding hydrogens is 1020 g/mol. The fourth-order valence-corrected chi connectivity index (χ4v) is 10.9. The first kappa shape index (κ1) is 60.3. The van der Waals surface area contributed by atoms with Gasteiger partial charge in [0.15, 0.2) is 0 Å². The summed E-state index contributed by atoms with van der Waals surface area (Å²) in [5.74, 6) is -2.77. The average molecular weight is 1100 g/mol. The highest BCUT2D eigenvalue weighted by Crippen LogP contribution is 2.35. The largest absolute Gasteiger partial charge is 0.444 e. The van der Waals surface area contributed by atoms with Gasteiger partial charge < -0.3 is 45.4 Å². The summed E-state index contributed by atoms with van der Waals surface area (Å²) in [5, 5.41) is 11.9.